The summed E-state index contributed by atoms with van der Waals surface area (Å²) in [5.74, 6) is 0. The zero-order valence-corrected chi connectivity index (χ0v) is 13.8. The van der Waals surface area contributed by atoms with E-state index in [0.717, 1.165) is 6.42 Å². The smallest absolute Gasteiger partial charge is 0.0499 e. The van der Waals surface area contributed by atoms with Crippen molar-refractivity contribution in [2.45, 2.75) is 79.2 Å². The first kappa shape index (κ1) is 15.3. The van der Waals surface area contributed by atoms with E-state index < -0.39 is 0 Å². The van der Waals surface area contributed by atoms with Crippen LogP contribution in [-0.4, -0.2) is 12.3 Å². The van der Waals surface area contributed by atoms with Crippen LogP contribution in [0.3, 0.4) is 0 Å². The average molecular weight is 271 g/mol. The van der Waals surface area contributed by atoms with Gasteiger partial charge in [0.15, 0.2) is 0 Å². The molecule has 0 unspecified atom stereocenters. The van der Waals surface area contributed by atoms with E-state index in [9.17, 15) is 0 Å². The van der Waals surface area contributed by atoms with Crippen molar-refractivity contribution >= 4 is 6.21 Å². The molecule has 110 valence electrons. The highest BCUT2D eigenvalue weighted by molar-refractivity contribution is 5.85. The molecule has 1 aliphatic carbocycles. The third-order valence-corrected chi connectivity index (χ3v) is 5.21. The monoisotopic (exact) mass is 271 g/mol. The largest absolute Gasteiger partial charge is 0.289 e. The molecule has 0 spiro atoms. The zero-order chi connectivity index (χ0) is 14.7. The number of rotatable bonds is 3. The Morgan fingerprint density at radius 2 is 1.50 bits per heavy atom. The highest BCUT2D eigenvalue weighted by atomic mass is 14.8. The van der Waals surface area contributed by atoms with E-state index in [-0.39, 0.29) is 0 Å². The Morgan fingerprint density at radius 1 is 0.900 bits per heavy atom. The first-order chi connectivity index (χ1) is 9.56. The van der Waals surface area contributed by atoms with Crippen molar-refractivity contribution in [1.82, 2.24) is 0 Å². The van der Waals surface area contributed by atoms with Crippen LogP contribution in [0.1, 0.15) is 72.4 Å². The number of hydrogen-bond donors (Lipinski definition) is 0. The summed E-state index contributed by atoms with van der Waals surface area (Å²) in [5, 5.41) is 0. The Balaban J connectivity index is 2.37. The second-order valence-electron chi connectivity index (χ2n) is 6.32. The van der Waals surface area contributed by atoms with E-state index in [1.807, 2.05) is 0 Å². The second kappa shape index (κ2) is 6.56. The van der Waals surface area contributed by atoms with Crippen molar-refractivity contribution in [2.75, 3.05) is 0 Å². The molecule has 1 nitrogen and oxygen atoms in total. The summed E-state index contributed by atoms with van der Waals surface area (Å²) in [5.41, 5.74) is 8.65. The first-order valence-corrected chi connectivity index (χ1v) is 8.18. The Bertz CT molecular complexity index is 505. The standard InChI is InChI=1S/C19H29N/c1-6-18-15(4)13(2)14(3)16(5)19(18)12-20-17-10-8-7-9-11-17/h12,17H,6-11H2,1-5H3. The molecule has 20 heavy (non-hydrogen) atoms. The van der Waals surface area contributed by atoms with Gasteiger partial charge in [0.2, 0.25) is 0 Å². The van der Waals surface area contributed by atoms with Gasteiger partial charge in [-0.2, -0.15) is 0 Å². The van der Waals surface area contributed by atoms with Gasteiger partial charge in [-0.15, -0.1) is 0 Å². The van der Waals surface area contributed by atoms with Crippen LogP contribution in [-0.2, 0) is 6.42 Å². The minimum Gasteiger partial charge on any atom is -0.289 e. The van der Waals surface area contributed by atoms with Crippen molar-refractivity contribution in [1.29, 1.82) is 0 Å². The van der Waals surface area contributed by atoms with Crippen LogP contribution in [0, 0.1) is 27.7 Å². The van der Waals surface area contributed by atoms with Gasteiger partial charge in [-0.3, -0.25) is 4.99 Å². The van der Waals surface area contributed by atoms with Crippen LogP contribution in [0.5, 0.6) is 0 Å². The molecule has 0 aliphatic heterocycles. The molecule has 2 rings (SSSR count). The summed E-state index contributed by atoms with van der Waals surface area (Å²) in [4.78, 5) is 4.91. The maximum Gasteiger partial charge on any atom is 0.0499 e. The third kappa shape index (κ3) is 2.97. The molecule has 1 heteroatoms. The maximum absolute atomic E-state index is 4.91. The lowest BCUT2D eigenvalue weighted by molar-refractivity contribution is 0.444. The molecule has 0 atom stereocenters. The van der Waals surface area contributed by atoms with Crippen molar-refractivity contribution in [2.24, 2.45) is 4.99 Å². The molecular formula is C19H29N. The van der Waals surface area contributed by atoms with Crippen LogP contribution in [0.2, 0.25) is 0 Å². The molecule has 0 N–H and O–H groups in total. The molecule has 1 aromatic carbocycles. The molecule has 1 saturated carbocycles. The Kier molecular flexibility index (Phi) is 5.01. The van der Waals surface area contributed by atoms with Gasteiger partial charge in [-0.25, -0.2) is 0 Å². The average Bonchev–Trinajstić information content (AvgIpc) is 2.48. The Hall–Kier alpha value is -1.11. The lowest BCUT2D eigenvalue weighted by Crippen LogP contribution is -2.11. The zero-order valence-electron chi connectivity index (χ0n) is 13.8. The van der Waals surface area contributed by atoms with Crippen molar-refractivity contribution in [3.63, 3.8) is 0 Å². The topological polar surface area (TPSA) is 12.4 Å². The first-order valence-electron chi connectivity index (χ1n) is 8.18. The lowest BCUT2D eigenvalue weighted by Gasteiger charge is -2.20. The summed E-state index contributed by atoms with van der Waals surface area (Å²) < 4.78 is 0. The van der Waals surface area contributed by atoms with Crippen LogP contribution >= 0.6 is 0 Å². The molecule has 1 aromatic rings. The summed E-state index contributed by atoms with van der Waals surface area (Å²) in [6, 6.07) is 0.565. The fraction of sp³-hybridized carbons (Fsp3) is 0.632. The molecule has 0 heterocycles. The number of aliphatic imine (C=N–C) groups is 1. The van der Waals surface area contributed by atoms with Gasteiger partial charge in [0.25, 0.3) is 0 Å². The predicted molar refractivity (Wildman–Crippen MR) is 89.2 cm³/mol. The second-order valence-corrected chi connectivity index (χ2v) is 6.32. The Morgan fingerprint density at radius 3 is 2.10 bits per heavy atom. The quantitative estimate of drug-likeness (QED) is 0.667. The van der Waals surface area contributed by atoms with Crippen LogP contribution in [0.25, 0.3) is 0 Å². The van der Waals surface area contributed by atoms with Gasteiger partial charge in [0.1, 0.15) is 0 Å². The maximum atomic E-state index is 4.91. The molecule has 0 aromatic heterocycles. The van der Waals surface area contributed by atoms with Gasteiger partial charge in [0.05, 0.1) is 0 Å². The highest BCUT2D eigenvalue weighted by Crippen LogP contribution is 2.27. The molecular weight excluding hydrogens is 242 g/mol. The third-order valence-electron chi connectivity index (χ3n) is 5.21. The normalized spacial score (nSPS) is 17.1. The van der Waals surface area contributed by atoms with Crippen LogP contribution in [0.15, 0.2) is 4.99 Å². The number of nitrogens with zero attached hydrogens (tertiary/aromatic N) is 1. The van der Waals surface area contributed by atoms with Crippen molar-refractivity contribution in [3.8, 4) is 0 Å². The SMILES string of the molecule is CCc1c(C)c(C)c(C)c(C)c1C=NC1CCCCC1. The predicted octanol–water partition coefficient (Wildman–Crippen LogP) is 5.23. The fourth-order valence-electron chi connectivity index (χ4n) is 3.46. The van der Waals surface area contributed by atoms with E-state index in [2.05, 4.69) is 40.8 Å². The molecule has 1 aliphatic rings. The summed E-state index contributed by atoms with van der Waals surface area (Å²) >= 11 is 0. The lowest BCUT2D eigenvalue weighted by atomic mass is 9.88. The van der Waals surface area contributed by atoms with E-state index in [1.54, 1.807) is 0 Å². The summed E-state index contributed by atoms with van der Waals surface area (Å²) in [7, 11) is 0. The van der Waals surface area contributed by atoms with E-state index >= 15 is 0 Å². The van der Waals surface area contributed by atoms with Gasteiger partial charge in [-0.1, -0.05) is 26.2 Å². The Labute approximate surface area is 124 Å². The molecule has 0 bridgehead atoms. The molecule has 1 fully saturated rings. The van der Waals surface area contributed by atoms with Gasteiger partial charge in [-0.05, 0) is 80.3 Å². The number of hydrogen-bond acceptors (Lipinski definition) is 1. The summed E-state index contributed by atoms with van der Waals surface area (Å²) in [6.45, 7) is 11.3. The molecule has 0 radical (unpaired) electrons. The van der Waals surface area contributed by atoms with E-state index in [1.165, 1.54) is 65.5 Å². The van der Waals surface area contributed by atoms with E-state index in [4.69, 9.17) is 4.99 Å². The highest BCUT2D eigenvalue weighted by Gasteiger charge is 2.14. The van der Waals surface area contributed by atoms with Gasteiger partial charge >= 0.3 is 0 Å². The molecule has 0 amide bonds. The van der Waals surface area contributed by atoms with Gasteiger partial charge < -0.3 is 0 Å². The van der Waals surface area contributed by atoms with E-state index in [0.29, 0.717) is 6.04 Å². The molecule has 0 saturated heterocycles. The van der Waals surface area contributed by atoms with Crippen LogP contribution in [0.4, 0.5) is 0 Å². The van der Waals surface area contributed by atoms with Crippen molar-refractivity contribution < 1.29 is 0 Å². The number of benzene rings is 1. The fourth-order valence-corrected chi connectivity index (χ4v) is 3.46. The van der Waals surface area contributed by atoms with Crippen molar-refractivity contribution in [3.05, 3.63) is 33.4 Å². The van der Waals surface area contributed by atoms with Gasteiger partial charge in [0, 0.05) is 12.3 Å². The van der Waals surface area contributed by atoms with Crippen LogP contribution < -0.4 is 0 Å². The minimum absolute atomic E-state index is 0.565. The minimum atomic E-state index is 0.565. The summed E-state index contributed by atoms with van der Waals surface area (Å²) in [6.07, 6.45) is 9.94.